The van der Waals surface area contributed by atoms with Gasteiger partial charge in [0.1, 0.15) is 5.75 Å². The van der Waals surface area contributed by atoms with Crippen LogP contribution in [0.5, 0.6) is 11.5 Å². The molecule has 0 fully saturated rings. The molecule has 0 heterocycles. The van der Waals surface area contributed by atoms with Crippen LogP contribution in [0.2, 0.25) is 0 Å². The van der Waals surface area contributed by atoms with E-state index in [-0.39, 0.29) is 6.54 Å². The molecule has 106 valence electrons. The van der Waals surface area contributed by atoms with Gasteiger partial charge in [-0.3, -0.25) is 0 Å². The van der Waals surface area contributed by atoms with Crippen molar-refractivity contribution in [2.75, 3.05) is 19.1 Å². The third-order valence-corrected chi connectivity index (χ3v) is 2.99. The Bertz CT molecular complexity index is 594. The van der Waals surface area contributed by atoms with Gasteiger partial charge in [-0.1, -0.05) is 12.1 Å². The van der Waals surface area contributed by atoms with Gasteiger partial charge in [0.05, 0.1) is 12.8 Å². The number of phenols is 1. The first-order valence-corrected chi connectivity index (χ1v) is 6.04. The molecule has 0 spiro atoms. The highest BCUT2D eigenvalue weighted by molar-refractivity contribution is 5.58. The first kappa shape index (κ1) is 14.1. The molecule has 20 heavy (non-hydrogen) atoms. The van der Waals surface area contributed by atoms with Crippen LogP contribution in [0.15, 0.2) is 36.4 Å². The third-order valence-electron chi connectivity index (χ3n) is 2.99. The summed E-state index contributed by atoms with van der Waals surface area (Å²) in [5.41, 5.74) is 1.23. The van der Waals surface area contributed by atoms with Gasteiger partial charge in [0.15, 0.2) is 17.4 Å². The lowest BCUT2D eigenvalue weighted by Gasteiger charge is -2.21. The van der Waals surface area contributed by atoms with Crippen LogP contribution in [0.4, 0.5) is 14.5 Å². The van der Waals surface area contributed by atoms with E-state index in [0.29, 0.717) is 11.3 Å². The lowest BCUT2D eigenvalue weighted by molar-refractivity contribution is 0.395. The zero-order valence-electron chi connectivity index (χ0n) is 11.2. The Hall–Kier alpha value is -2.30. The molecule has 0 radical (unpaired) electrons. The second-order valence-corrected chi connectivity index (χ2v) is 4.44. The van der Waals surface area contributed by atoms with Gasteiger partial charge in [-0.25, -0.2) is 8.78 Å². The Morgan fingerprint density at radius 3 is 2.35 bits per heavy atom. The lowest BCUT2D eigenvalue weighted by atomic mass is 10.1. The number of halogens is 2. The maximum absolute atomic E-state index is 13.3. The van der Waals surface area contributed by atoms with E-state index in [1.807, 2.05) is 29.2 Å². The van der Waals surface area contributed by atoms with Crippen LogP contribution in [0, 0.1) is 11.6 Å². The van der Waals surface area contributed by atoms with Crippen molar-refractivity contribution < 1.29 is 18.6 Å². The van der Waals surface area contributed by atoms with Gasteiger partial charge in [-0.15, -0.1) is 0 Å². The molecule has 0 aromatic heterocycles. The molecule has 2 rings (SSSR count). The fourth-order valence-corrected chi connectivity index (χ4v) is 2.01. The van der Waals surface area contributed by atoms with Gasteiger partial charge in [-0.05, 0) is 29.8 Å². The van der Waals surface area contributed by atoms with Crippen LogP contribution < -0.4 is 9.64 Å². The van der Waals surface area contributed by atoms with Crippen LogP contribution >= 0.6 is 0 Å². The number of rotatable bonds is 4. The third kappa shape index (κ3) is 2.82. The summed E-state index contributed by atoms with van der Waals surface area (Å²) >= 11 is 0. The number of anilines is 1. The van der Waals surface area contributed by atoms with Crippen molar-refractivity contribution in [3.63, 3.8) is 0 Å². The average molecular weight is 279 g/mol. The van der Waals surface area contributed by atoms with E-state index in [2.05, 4.69) is 0 Å². The normalized spacial score (nSPS) is 10.4. The van der Waals surface area contributed by atoms with Crippen molar-refractivity contribution >= 4 is 5.69 Å². The summed E-state index contributed by atoms with van der Waals surface area (Å²) in [5.74, 6) is -2.20. The Morgan fingerprint density at radius 1 is 1.15 bits per heavy atom. The lowest BCUT2D eigenvalue weighted by Crippen LogP contribution is -2.17. The number of nitrogens with zero attached hydrogens (tertiary/aromatic N) is 1. The van der Waals surface area contributed by atoms with Crippen molar-refractivity contribution in [3.8, 4) is 11.5 Å². The van der Waals surface area contributed by atoms with Gasteiger partial charge in [0, 0.05) is 13.6 Å². The summed E-state index contributed by atoms with van der Waals surface area (Å²) < 4.78 is 31.9. The molecule has 0 aliphatic rings. The van der Waals surface area contributed by atoms with Crippen molar-refractivity contribution in [2.45, 2.75) is 6.54 Å². The van der Waals surface area contributed by atoms with E-state index in [4.69, 9.17) is 9.84 Å². The number of hydrogen-bond acceptors (Lipinski definition) is 3. The first-order chi connectivity index (χ1) is 9.52. The van der Waals surface area contributed by atoms with E-state index in [0.717, 1.165) is 17.8 Å². The topological polar surface area (TPSA) is 32.7 Å². The van der Waals surface area contributed by atoms with Crippen LogP contribution in [-0.4, -0.2) is 19.3 Å². The molecule has 0 bridgehead atoms. The molecule has 5 heteroatoms. The largest absolute Gasteiger partial charge is 0.503 e. The van der Waals surface area contributed by atoms with Gasteiger partial charge in [0.25, 0.3) is 0 Å². The highest BCUT2D eigenvalue weighted by Gasteiger charge is 2.12. The Kier molecular flexibility index (Phi) is 4.08. The Balaban J connectivity index is 2.25. The average Bonchev–Trinajstić information content (AvgIpc) is 2.44. The number of ether oxygens (including phenoxy) is 1. The van der Waals surface area contributed by atoms with Crippen LogP contribution in [0.3, 0.4) is 0 Å². The maximum Gasteiger partial charge on any atom is 0.187 e. The fraction of sp³-hybridized carbons (Fsp3) is 0.200. The van der Waals surface area contributed by atoms with Crippen LogP contribution in [-0.2, 0) is 6.54 Å². The van der Waals surface area contributed by atoms with E-state index >= 15 is 0 Å². The van der Waals surface area contributed by atoms with Gasteiger partial charge in [-0.2, -0.15) is 0 Å². The highest BCUT2D eigenvalue weighted by Crippen LogP contribution is 2.29. The summed E-state index contributed by atoms with van der Waals surface area (Å²) in [4.78, 5) is 1.81. The number of benzene rings is 2. The number of para-hydroxylation sites is 2. The number of aromatic hydroxyl groups is 1. The highest BCUT2D eigenvalue weighted by atomic mass is 19.1. The van der Waals surface area contributed by atoms with E-state index in [1.165, 1.54) is 0 Å². The van der Waals surface area contributed by atoms with Gasteiger partial charge in [0.2, 0.25) is 0 Å². The fourth-order valence-electron chi connectivity index (χ4n) is 2.01. The molecule has 0 atom stereocenters. The summed E-state index contributed by atoms with van der Waals surface area (Å²) in [7, 11) is 3.35. The quantitative estimate of drug-likeness (QED) is 0.932. The molecule has 0 aliphatic carbocycles. The van der Waals surface area contributed by atoms with Gasteiger partial charge < -0.3 is 14.7 Å². The molecule has 0 saturated carbocycles. The second kappa shape index (κ2) is 5.77. The molecule has 0 aliphatic heterocycles. The minimum Gasteiger partial charge on any atom is -0.503 e. The number of hydrogen-bond donors (Lipinski definition) is 1. The molecule has 1 N–H and O–H groups in total. The molecule has 3 nitrogen and oxygen atoms in total. The zero-order chi connectivity index (χ0) is 14.7. The Labute approximate surface area is 116 Å². The maximum atomic E-state index is 13.3. The smallest absolute Gasteiger partial charge is 0.187 e. The molecule has 2 aromatic carbocycles. The monoisotopic (exact) mass is 279 g/mol. The van der Waals surface area contributed by atoms with Gasteiger partial charge >= 0.3 is 0 Å². The molecular formula is C15H15F2NO2. The predicted molar refractivity (Wildman–Crippen MR) is 73.1 cm³/mol. The van der Waals surface area contributed by atoms with E-state index in [9.17, 15) is 8.78 Å². The second-order valence-electron chi connectivity index (χ2n) is 4.44. The minimum atomic E-state index is -0.964. The van der Waals surface area contributed by atoms with Crippen molar-refractivity contribution in [3.05, 3.63) is 53.6 Å². The number of methoxy groups -OCH3 is 1. The summed E-state index contributed by atoms with van der Waals surface area (Å²) in [6, 6.07) is 9.59. The first-order valence-electron chi connectivity index (χ1n) is 6.04. The minimum absolute atomic E-state index is 0.286. The molecule has 0 amide bonds. The SMILES string of the molecule is COc1ccccc1N(C)Cc1cc(F)c(O)c(F)c1. The molecular weight excluding hydrogens is 264 g/mol. The van der Waals surface area contributed by atoms with Crippen molar-refractivity contribution in [1.82, 2.24) is 0 Å². The summed E-state index contributed by atoms with van der Waals surface area (Å²) in [6.07, 6.45) is 0. The van der Waals surface area contributed by atoms with E-state index < -0.39 is 17.4 Å². The Morgan fingerprint density at radius 2 is 1.75 bits per heavy atom. The molecule has 2 aromatic rings. The van der Waals surface area contributed by atoms with Crippen molar-refractivity contribution in [1.29, 1.82) is 0 Å². The summed E-state index contributed by atoms with van der Waals surface area (Å²) in [6.45, 7) is 0.286. The number of phenolic OH excluding ortho intramolecular Hbond substituents is 1. The standard InChI is InChI=1S/C15H15F2NO2/c1-18(13-5-3-4-6-14(13)20-2)9-10-7-11(16)15(19)12(17)8-10/h3-8,19H,9H2,1-2H3. The van der Waals surface area contributed by atoms with E-state index in [1.54, 1.807) is 14.2 Å². The predicted octanol–water partition coefficient (Wildman–Crippen LogP) is 3.32. The van der Waals surface area contributed by atoms with Crippen LogP contribution in [0.1, 0.15) is 5.56 Å². The molecule has 0 unspecified atom stereocenters. The summed E-state index contributed by atoms with van der Waals surface area (Å²) in [5, 5.41) is 9.08. The molecule has 0 saturated heterocycles. The zero-order valence-corrected chi connectivity index (χ0v) is 11.2. The van der Waals surface area contributed by atoms with Crippen molar-refractivity contribution in [2.24, 2.45) is 0 Å². The van der Waals surface area contributed by atoms with Crippen LogP contribution in [0.25, 0.3) is 0 Å².